The number of quaternary nitrogens is 1. The average molecular weight is 136 g/mol. The van der Waals surface area contributed by atoms with Gasteiger partial charge in [-0.1, -0.05) is 4.94 Å². The number of nitrogens with two attached hydrogens (primary N) is 1. The van der Waals surface area contributed by atoms with Gasteiger partial charge in [0, 0.05) is 11.8 Å². The third kappa shape index (κ3) is 1.34. The molecule has 0 saturated carbocycles. The van der Waals surface area contributed by atoms with E-state index >= 15 is 0 Å². The number of nitrogens with one attached hydrogen (secondary N) is 1. The summed E-state index contributed by atoms with van der Waals surface area (Å²) in [6.45, 7) is 2.23. The van der Waals surface area contributed by atoms with Crippen molar-refractivity contribution in [3.05, 3.63) is 5.21 Å². The van der Waals surface area contributed by atoms with E-state index in [0.29, 0.717) is 6.54 Å². The molecule has 0 spiro atoms. The Labute approximate surface area is 51.4 Å². The number of hydrogen-bond donors (Lipinski definition) is 2. The zero-order valence-electron chi connectivity index (χ0n) is 4.90. The summed E-state index contributed by atoms with van der Waals surface area (Å²) in [6.07, 6.45) is 0. The van der Waals surface area contributed by atoms with Gasteiger partial charge in [-0.3, -0.25) is 0 Å². The molecule has 1 fully saturated rings. The fourth-order valence-electron chi connectivity index (χ4n) is 0.469. The van der Waals surface area contributed by atoms with Crippen molar-refractivity contribution in [2.45, 2.75) is 6.92 Å². The van der Waals surface area contributed by atoms with E-state index in [0.717, 1.165) is 10.5 Å². The van der Waals surface area contributed by atoms with Crippen LogP contribution in [0, 0.1) is 5.21 Å². The van der Waals surface area contributed by atoms with Gasteiger partial charge in [-0.05, 0) is 22.4 Å². The molecule has 1 rings (SSSR count). The first-order valence-corrected chi connectivity index (χ1v) is 2.46. The number of hydroxylamine groups is 1. The average Bonchev–Trinajstić information content (AvgIpc) is 2.10. The van der Waals surface area contributed by atoms with Crippen LogP contribution in [0.25, 0.3) is 0 Å². The molecule has 0 radical (unpaired) electrons. The highest BCUT2D eigenvalue weighted by Crippen LogP contribution is 1.92. The minimum absolute atomic E-state index is 0.461. The van der Waals surface area contributed by atoms with Gasteiger partial charge in [0.1, 0.15) is 0 Å². The summed E-state index contributed by atoms with van der Waals surface area (Å²) in [5.41, 5.74) is 0. The Morgan fingerprint density at radius 2 is 2.33 bits per heavy atom. The van der Waals surface area contributed by atoms with Crippen molar-refractivity contribution in [1.82, 2.24) is 10.5 Å². The molecule has 1 atom stereocenters. The Balaban J connectivity index is 2.38. The smallest absolute Gasteiger partial charge is 0.0475 e. The molecule has 1 saturated heterocycles. The second-order valence-corrected chi connectivity index (χ2v) is 1.40. The Morgan fingerprint density at radius 3 is 2.56 bits per heavy atom. The fraction of sp³-hybridized carbons (Fsp3) is 1.00. The summed E-state index contributed by atoms with van der Waals surface area (Å²) in [6, 6.07) is 0. The van der Waals surface area contributed by atoms with Gasteiger partial charge in [0.05, 0.1) is 0 Å². The maximum absolute atomic E-state index is 10.2. The van der Waals surface area contributed by atoms with Gasteiger partial charge in [0.15, 0.2) is 0 Å². The zero-order chi connectivity index (χ0) is 6.85. The molecule has 54 valence electrons. The fourth-order valence-corrected chi connectivity index (χ4v) is 0.469. The molecule has 1 unspecified atom stereocenters. The molecular weight excluding hydrogens is 128 g/mol. The van der Waals surface area contributed by atoms with E-state index in [1.807, 2.05) is 0 Å². The SMILES string of the molecule is CCN1O[NH+]([O-])ON1N. The van der Waals surface area contributed by atoms with E-state index in [-0.39, 0.29) is 0 Å². The van der Waals surface area contributed by atoms with Crippen LogP contribution in [0.2, 0.25) is 0 Å². The van der Waals surface area contributed by atoms with Crippen LogP contribution in [0.15, 0.2) is 0 Å². The maximum atomic E-state index is 10.2. The Kier molecular flexibility index (Phi) is 1.93. The van der Waals surface area contributed by atoms with E-state index < -0.39 is 5.39 Å². The summed E-state index contributed by atoms with van der Waals surface area (Å²) >= 11 is 0. The highest BCUT2D eigenvalue weighted by atomic mass is 17.3. The van der Waals surface area contributed by atoms with E-state index in [9.17, 15) is 5.21 Å². The van der Waals surface area contributed by atoms with E-state index in [2.05, 4.69) is 9.88 Å². The van der Waals surface area contributed by atoms with Crippen LogP contribution in [0.5, 0.6) is 0 Å². The van der Waals surface area contributed by atoms with E-state index in [1.165, 1.54) is 0 Å². The van der Waals surface area contributed by atoms with Gasteiger partial charge in [0.2, 0.25) is 0 Å². The lowest BCUT2D eigenvalue weighted by Crippen LogP contribution is -3.03. The first-order valence-electron chi connectivity index (χ1n) is 2.46. The molecule has 0 aromatic heterocycles. The van der Waals surface area contributed by atoms with Crippen molar-refractivity contribution >= 4 is 0 Å². The molecule has 0 aromatic carbocycles. The quantitative estimate of drug-likeness (QED) is 0.306. The van der Waals surface area contributed by atoms with Gasteiger partial charge in [-0.25, -0.2) is 5.84 Å². The van der Waals surface area contributed by atoms with Gasteiger partial charge in [0.25, 0.3) is 0 Å². The van der Waals surface area contributed by atoms with Crippen molar-refractivity contribution in [1.29, 1.82) is 0 Å². The summed E-state index contributed by atoms with van der Waals surface area (Å²) in [5.74, 6) is 5.07. The number of rotatable bonds is 1. The lowest BCUT2D eigenvalue weighted by molar-refractivity contribution is -1.21. The third-order valence-corrected chi connectivity index (χ3v) is 0.838. The lowest BCUT2D eigenvalue weighted by Gasteiger charge is -2.07. The molecule has 0 aliphatic carbocycles. The van der Waals surface area contributed by atoms with Crippen molar-refractivity contribution in [3.63, 3.8) is 0 Å². The predicted molar refractivity (Wildman–Crippen MR) is 24.9 cm³/mol. The highest BCUT2D eigenvalue weighted by molar-refractivity contribution is 4.18. The van der Waals surface area contributed by atoms with Gasteiger partial charge < -0.3 is 5.21 Å². The van der Waals surface area contributed by atoms with Crippen molar-refractivity contribution in [2.75, 3.05) is 6.54 Å². The van der Waals surface area contributed by atoms with Crippen LogP contribution in [0.4, 0.5) is 0 Å². The second-order valence-electron chi connectivity index (χ2n) is 1.40. The summed E-state index contributed by atoms with van der Waals surface area (Å²) < 4.78 is 0. The largest absolute Gasteiger partial charge is 0.563 e. The first-order chi connectivity index (χ1) is 4.24. The minimum Gasteiger partial charge on any atom is -0.563 e. The van der Waals surface area contributed by atoms with E-state index in [1.54, 1.807) is 6.92 Å². The van der Waals surface area contributed by atoms with Crippen molar-refractivity contribution in [2.24, 2.45) is 5.84 Å². The molecular formula is C2H8N4O3. The van der Waals surface area contributed by atoms with Crippen LogP contribution in [0.3, 0.4) is 0 Å². The van der Waals surface area contributed by atoms with Crippen molar-refractivity contribution in [3.8, 4) is 0 Å². The molecule has 7 nitrogen and oxygen atoms in total. The third-order valence-electron chi connectivity index (χ3n) is 0.838. The predicted octanol–water partition coefficient (Wildman–Crippen LogP) is -2.51. The van der Waals surface area contributed by atoms with Crippen molar-refractivity contribution < 1.29 is 15.3 Å². The van der Waals surface area contributed by atoms with Gasteiger partial charge in [-0.2, -0.15) is 0 Å². The van der Waals surface area contributed by atoms with Crippen LogP contribution in [-0.4, -0.2) is 17.0 Å². The zero-order valence-corrected chi connectivity index (χ0v) is 4.90. The minimum atomic E-state index is -0.806. The van der Waals surface area contributed by atoms with Gasteiger partial charge >= 0.3 is 0 Å². The molecule has 1 aliphatic heterocycles. The molecule has 0 aromatic rings. The van der Waals surface area contributed by atoms with Crippen LogP contribution >= 0.6 is 0 Å². The second kappa shape index (κ2) is 2.54. The first kappa shape index (κ1) is 6.83. The van der Waals surface area contributed by atoms with Crippen LogP contribution in [-0.2, 0) is 9.88 Å². The molecule has 7 heteroatoms. The normalized spacial score (nSPS) is 31.7. The number of hydrogen-bond acceptors (Lipinski definition) is 6. The van der Waals surface area contributed by atoms with E-state index in [4.69, 9.17) is 5.84 Å². The molecule has 0 bridgehead atoms. The topological polar surface area (TPSA) is 78.5 Å². The molecule has 1 heterocycles. The van der Waals surface area contributed by atoms with Gasteiger partial charge in [-0.15, -0.1) is 0 Å². The number of nitrogens with zero attached hydrogens (tertiary/aromatic N) is 2. The monoisotopic (exact) mass is 136 g/mol. The maximum Gasteiger partial charge on any atom is 0.0475 e. The summed E-state index contributed by atoms with van der Waals surface area (Å²) in [5, 5.41) is 11.2. The summed E-state index contributed by atoms with van der Waals surface area (Å²) in [7, 11) is 0. The Hall–Kier alpha value is -0.280. The molecule has 1 aliphatic rings. The lowest BCUT2D eigenvalue weighted by atomic mass is 10.8. The van der Waals surface area contributed by atoms with Crippen LogP contribution < -0.4 is 11.2 Å². The summed E-state index contributed by atoms with van der Waals surface area (Å²) in [4.78, 5) is 8.64. The van der Waals surface area contributed by atoms with Crippen LogP contribution in [0.1, 0.15) is 6.92 Å². The molecule has 3 N–H and O–H groups in total. The standard InChI is InChI=1S/C2H8N4O3/c1-2-4-5(3)9-6(7)8-4/h6H,2-3H2,1H3. The Bertz CT molecular complexity index is 99.8. The molecule has 0 amide bonds. The molecule has 9 heavy (non-hydrogen) atoms. The Morgan fingerprint density at radius 1 is 1.67 bits per heavy atom. The highest BCUT2D eigenvalue weighted by Gasteiger charge is 2.27. The number of hydrazine groups is 2.